The van der Waals surface area contributed by atoms with E-state index >= 15 is 0 Å². The number of rotatable bonds is 3. The molecule has 0 amide bonds. The van der Waals surface area contributed by atoms with Gasteiger partial charge < -0.3 is 0 Å². The fourth-order valence-corrected chi connectivity index (χ4v) is 5.37. The fraction of sp³-hybridized carbons (Fsp3) is 0.526. The first-order valence-corrected chi connectivity index (χ1v) is 8.11. The van der Waals surface area contributed by atoms with Crippen molar-refractivity contribution in [3.8, 4) is 0 Å². The summed E-state index contributed by atoms with van der Waals surface area (Å²) in [6.45, 7) is 0. The lowest BCUT2D eigenvalue weighted by Crippen LogP contribution is -2.49. The van der Waals surface area contributed by atoms with Crippen molar-refractivity contribution in [2.75, 3.05) is 0 Å². The van der Waals surface area contributed by atoms with Gasteiger partial charge in [0.15, 0.2) is 5.78 Å². The molecule has 0 spiro atoms. The molecule has 1 nitrogen and oxygen atoms in total. The molecule has 21 heavy (non-hydrogen) atoms. The van der Waals surface area contributed by atoms with Crippen molar-refractivity contribution in [3.05, 3.63) is 41.7 Å². The van der Waals surface area contributed by atoms with Crippen LogP contribution in [-0.2, 0) is 4.79 Å². The predicted octanol–water partition coefficient (Wildman–Crippen LogP) is 4.62. The van der Waals surface area contributed by atoms with E-state index in [1.807, 2.05) is 6.07 Å². The molecule has 0 N–H and O–H groups in total. The molecule has 4 saturated carbocycles. The molecule has 110 valence electrons. The van der Waals surface area contributed by atoms with Gasteiger partial charge in [0.2, 0.25) is 0 Å². The molecule has 2 heteroatoms. The predicted molar refractivity (Wildman–Crippen MR) is 81.0 cm³/mol. The Morgan fingerprint density at radius 3 is 2.29 bits per heavy atom. The molecular weight excluding hydrogens is 263 g/mol. The summed E-state index contributed by atoms with van der Waals surface area (Å²) < 4.78 is 13.2. The summed E-state index contributed by atoms with van der Waals surface area (Å²) in [5.41, 5.74) is 0.687. The minimum atomic E-state index is -0.251. The van der Waals surface area contributed by atoms with Gasteiger partial charge >= 0.3 is 0 Å². The Morgan fingerprint density at radius 1 is 1.10 bits per heavy atom. The van der Waals surface area contributed by atoms with Crippen LogP contribution in [0.25, 0.3) is 6.08 Å². The Kier molecular flexibility index (Phi) is 3.02. The summed E-state index contributed by atoms with van der Waals surface area (Å²) in [6, 6.07) is 6.43. The third-order valence-electron chi connectivity index (χ3n) is 5.84. The molecule has 0 saturated heterocycles. The van der Waals surface area contributed by atoms with Crippen molar-refractivity contribution in [1.29, 1.82) is 0 Å². The Balaban J connectivity index is 1.55. The molecule has 4 fully saturated rings. The normalized spacial score (nSPS) is 37.3. The molecule has 0 aliphatic heterocycles. The highest BCUT2D eigenvalue weighted by atomic mass is 19.1. The highest BCUT2D eigenvalue weighted by molar-refractivity contribution is 5.98. The van der Waals surface area contributed by atoms with E-state index in [2.05, 4.69) is 0 Å². The van der Waals surface area contributed by atoms with Crippen LogP contribution in [0.1, 0.15) is 44.1 Å². The van der Waals surface area contributed by atoms with Crippen LogP contribution < -0.4 is 0 Å². The Labute approximate surface area is 125 Å². The minimum absolute atomic E-state index is 0.0847. The highest BCUT2D eigenvalue weighted by Crippen LogP contribution is 2.60. The summed E-state index contributed by atoms with van der Waals surface area (Å²) in [6.07, 6.45) is 10.8. The van der Waals surface area contributed by atoms with Gasteiger partial charge in [-0.05, 0) is 80.1 Å². The van der Waals surface area contributed by atoms with E-state index in [1.54, 1.807) is 18.2 Å². The second kappa shape index (κ2) is 4.79. The summed E-state index contributed by atoms with van der Waals surface area (Å²) in [4.78, 5) is 12.8. The average Bonchev–Trinajstić information content (AvgIpc) is 2.43. The van der Waals surface area contributed by atoms with Crippen LogP contribution in [0.15, 0.2) is 30.3 Å². The second-order valence-corrected chi connectivity index (χ2v) is 7.45. The van der Waals surface area contributed by atoms with Crippen molar-refractivity contribution >= 4 is 11.9 Å². The lowest BCUT2D eigenvalue weighted by molar-refractivity contribution is -0.138. The van der Waals surface area contributed by atoms with E-state index < -0.39 is 0 Å². The van der Waals surface area contributed by atoms with Crippen LogP contribution in [0.3, 0.4) is 0 Å². The van der Waals surface area contributed by atoms with E-state index in [9.17, 15) is 9.18 Å². The van der Waals surface area contributed by atoms with Crippen LogP contribution >= 0.6 is 0 Å². The molecule has 1 aromatic carbocycles. The van der Waals surface area contributed by atoms with Gasteiger partial charge in [0, 0.05) is 5.41 Å². The first-order chi connectivity index (χ1) is 10.1. The monoisotopic (exact) mass is 284 g/mol. The first kappa shape index (κ1) is 13.2. The largest absolute Gasteiger partial charge is 0.294 e. The molecule has 0 heterocycles. The Hall–Kier alpha value is -1.44. The molecule has 0 atom stereocenters. The van der Waals surface area contributed by atoms with Crippen molar-refractivity contribution in [2.45, 2.75) is 38.5 Å². The number of hydrogen-bond acceptors (Lipinski definition) is 1. The van der Waals surface area contributed by atoms with Crippen LogP contribution in [0.2, 0.25) is 0 Å². The zero-order valence-electron chi connectivity index (χ0n) is 12.2. The van der Waals surface area contributed by atoms with Gasteiger partial charge in [0.1, 0.15) is 5.82 Å². The standard InChI is InChI=1S/C19H21FO/c20-17-3-1-2-13(9-17)4-5-18(21)19-10-14-6-15(11-19)8-16(7-14)12-19/h1-5,9,14-16H,6-8,10-12H2/b5-4+. The maximum Gasteiger partial charge on any atom is 0.161 e. The first-order valence-electron chi connectivity index (χ1n) is 8.11. The zero-order chi connectivity index (χ0) is 14.4. The minimum Gasteiger partial charge on any atom is -0.294 e. The molecule has 4 bridgehead atoms. The van der Waals surface area contributed by atoms with Gasteiger partial charge in [-0.3, -0.25) is 4.79 Å². The van der Waals surface area contributed by atoms with Gasteiger partial charge in [-0.2, -0.15) is 0 Å². The SMILES string of the molecule is O=C(/C=C/c1cccc(F)c1)C12CC3CC(CC(C3)C1)C2. The van der Waals surface area contributed by atoms with E-state index in [1.165, 1.54) is 31.4 Å². The Morgan fingerprint density at radius 2 is 1.71 bits per heavy atom. The van der Waals surface area contributed by atoms with Crippen LogP contribution in [-0.4, -0.2) is 5.78 Å². The quantitative estimate of drug-likeness (QED) is 0.740. The molecular formula is C19H21FO. The number of ketones is 1. The van der Waals surface area contributed by atoms with Gasteiger partial charge in [0.25, 0.3) is 0 Å². The van der Waals surface area contributed by atoms with Gasteiger partial charge in [-0.25, -0.2) is 4.39 Å². The van der Waals surface area contributed by atoms with E-state index in [0.29, 0.717) is 0 Å². The number of benzene rings is 1. The van der Waals surface area contributed by atoms with E-state index in [4.69, 9.17) is 0 Å². The zero-order valence-corrected chi connectivity index (χ0v) is 12.2. The van der Waals surface area contributed by atoms with E-state index in [-0.39, 0.29) is 17.0 Å². The number of carbonyl (C=O) groups excluding carboxylic acids is 1. The Bertz CT molecular complexity index is 566. The highest BCUT2D eigenvalue weighted by Gasteiger charge is 2.53. The average molecular weight is 284 g/mol. The molecule has 1 aromatic rings. The topological polar surface area (TPSA) is 17.1 Å². The number of carbonyl (C=O) groups is 1. The third kappa shape index (κ3) is 2.35. The number of halogens is 1. The van der Waals surface area contributed by atoms with Crippen molar-refractivity contribution in [3.63, 3.8) is 0 Å². The third-order valence-corrected chi connectivity index (χ3v) is 5.84. The lowest BCUT2D eigenvalue weighted by atomic mass is 9.48. The van der Waals surface area contributed by atoms with Gasteiger partial charge in [-0.15, -0.1) is 0 Å². The summed E-state index contributed by atoms with van der Waals surface area (Å²) in [7, 11) is 0. The number of allylic oxidation sites excluding steroid dienone is 1. The maximum atomic E-state index is 13.2. The van der Waals surface area contributed by atoms with Crippen LogP contribution in [0.4, 0.5) is 4.39 Å². The van der Waals surface area contributed by atoms with Gasteiger partial charge in [-0.1, -0.05) is 18.2 Å². The summed E-state index contributed by atoms with van der Waals surface area (Å²) >= 11 is 0. The van der Waals surface area contributed by atoms with Crippen LogP contribution in [0, 0.1) is 29.0 Å². The fourth-order valence-electron chi connectivity index (χ4n) is 5.37. The van der Waals surface area contributed by atoms with Crippen molar-refractivity contribution < 1.29 is 9.18 Å². The van der Waals surface area contributed by atoms with Crippen molar-refractivity contribution in [1.82, 2.24) is 0 Å². The molecule has 4 aliphatic carbocycles. The second-order valence-electron chi connectivity index (χ2n) is 7.45. The molecule has 0 aromatic heterocycles. The molecule has 4 aliphatic rings. The van der Waals surface area contributed by atoms with E-state index in [0.717, 1.165) is 42.6 Å². The van der Waals surface area contributed by atoms with Crippen LogP contribution in [0.5, 0.6) is 0 Å². The molecule has 0 unspecified atom stereocenters. The summed E-state index contributed by atoms with van der Waals surface area (Å²) in [5.74, 6) is 2.37. The summed E-state index contributed by atoms with van der Waals surface area (Å²) in [5, 5.41) is 0. The smallest absolute Gasteiger partial charge is 0.161 e. The van der Waals surface area contributed by atoms with Crippen molar-refractivity contribution in [2.24, 2.45) is 23.2 Å². The maximum absolute atomic E-state index is 13.2. The van der Waals surface area contributed by atoms with Gasteiger partial charge in [0.05, 0.1) is 0 Å². The lowest BCUT2D eigenvalue weighted by Gasteiger charge is -2.55. The molecule has 5 rings (SSSR count). The number of hydrogen-bond donors (Lipinski definition) is 0. The molecule has 0 radical (unpaired) electrons.